The van der Waals surface area contributed by atoms with Gasteiger partial charge in [0, 0.05) is 17.0 Å². The van der Waals surface area contributed by atoms with Crippen LogP contribution in [0.5, 0.6) is 0 Å². The molecular weight excluding hydrogens is 228 g/mol. The van der Waals surface area contributed by atoms with Crippen molar-refractivity contribution in [2.75, 3.05) is 0 Å². The van der Waals surface area contributed by atoms with E-state index in [4.69, 9.17) is 5.11 Å². The average molecular weight is 237 g/mol. The highest BCUT2D eigenvalue weighted by molar-refractivity contribution is 7.03. The minimum atomic E-state index is -0.831. The third-order valence-corrected chi connectivity index (χ3v) is 2.49. The summed E-state index contributed by atoms with van der Waals surface area (Å²) in [5.74, 6) is -0.831. The molecule has 0 atom stereocenters. The number of carboxylic acids is 1. The van der Waals surface area contributed by atoms with Crippen LogP contribution in [0.25, 0.3) is 11.3 Å². The van der Waals surface area contributed by atoms with Crippen LogP contribution in [-0.2, 0) is 11.3 Å². The number of aromatic nitrogens is 4. The predicted molar refractivity (Wildman–Crippen MR) is 55.6 cm³/mol. The number of rotatable bonds is 4. The molecule has 0 bridgehead atoms. The fraction of sp³-hybridized carbons (Fsp3) is 0.222. The standard InChI is InChI=1S/C9H8N4O2S/c14-9(15)2-4-13-3-1-7(5-10-13)8-6-16-12-11-8/h1,3,5-6H,2,4H2/p+1. The van der Waals surface area contributed by atoms with Crippen molar-refractivity contribution in [3.63, 3.8) is 0 Å². The van der Waals surface area contributed by atoms with Crippen LogP contribution in [0.3, 0.4) is 0 Å². The van der Waals surface area contributed by atoms with E-state index in [0.29, 0.717) is 6.54 Å². The van der Waals surface area contributed by atoms with Crippen molar-refractivity contribution in [1.82, 2.24) is 14.7 Å². The average Bonchev–Trinajstić information content (AvgIpc) is 2.80. The van der Waals surface area contributed by atoms with Crippen molar-refractivity contribution in [2.45, 2.75) is 13.0 Å². The molecule has 0 saturated heterocycles. The summed E-state index contributed by atoms with van der Waals surface area (Å²) in [6, 6.07) is 1.84. The van der Waals surface area contributed by atoms with Gasteiger partial charge < -0.3 is 5.11 Å². The van der Waals surface area contributed by atoms with E-state index < -0.39 is 5.97 Å². The third kappa shape index (κ3) is 2.57. The lowest BCUT2D eigenvalue weighted by Crippen LogP contribution is -2.38. The molecule has 0 saturated carbocycles. The Labute approximate surface area is 95.3 Å². The summed E-state index contributed by atoms with van der Waals surface area (Å²) in [4.78, 5) is 10.4. The summed E-state index contributed by atoms with van der Waals surface area (Å²) < 4.78 is 5.34. The van der Waals surface area contributed by atoms with Crippen molar-refractivity contribution in [3.8, 4) is 11.3 Å². The smallest absolute Gasteiger partial charge is 0.309 e. The largest absolute Gasteiger partial charge is 0.481 e. The molecule has 0 aliphatic rings. The maximum atomic E-state index is 10.4. The summed E-state index contributed by atoms with van der Waals surface area (Å²) in [6.07, 6.45) is 3.45. The van der Waals surface area contributed by atoms with E-state index in [0.717, 1.165) is 11.3 Å². The molecule has 7 heteroatoms. The molecule has 2 rings (SSSR count). The van der Waals surface area contributed by atoms with Crippen LogP contribution in [-0.4, -0.2) is 25.8 Å². The van der Waals surface area contributed by atoms with E-state index >= 15 is 0 Å². The number of hydrogen-bond donors (Lipinski definition) is 1. The van der Waals surface area contributed by atoms with Gasteiger partial charge in [0.15, 0.2) is 12.7 Å². The molecule has 0 radical (unpaired) electrons. The lowest BCUT2D eigenvalue weighted by molar-refractivity contribution is -0.752. The van der Waals surface area contributed by atoms with E-state index in [9.17, 15) is 4.79 Å². The van der Waals surface area contributed by atoms with Gasteiger partial charge in [-0.05, 0) is 16.6 Å². The van der Waals surface area contributed by atoms with Crippen molar-refractivity contribution >= 4 is 17.5 Å². The Bertz CT molecular complexity index is 469. The van der Waals surface area contributed by atoms with E-state index in [1.807, 2.05) is 11.4 Å². The number of nitrogens with zero attached hydrogens (tertiary/aromatic N) is 4. The van der Waals surface area contributed by atoms with Crippen molar-refractivity contribution < 1.29 is 14.6 Å². The van der Waals surface area contributed by atoms with Gasteiger partial charge in [-0.3, -0.25) is 4.79 Å². The second-order valence-electron chi connectivity index (χ2n) is 3.11. The fourth-order valence-corrected chi connectivity index (χ4v) is 1.63. The van der Waals surface area contributed by atoms with Crippen LogP contribution in [0.2, 0.25) is 0 Å². The lowest BCUT2D eigenvalue weighted by atomic mass is 10.2. The number of aryl methyl sites for hydroxylation is 1. The van der Waals surface area contributed by atoms with Crippen molar-refractivity contribution in [2.24, 2.45) is 0 Å². The molecule has 2 aromatic heterocycles. The molecule has 0 amide bonds. The fourth-order valence-electron chi connectivity index (χ4n) is 1.17. The molecule has 0 aliphatic carbocycles. The summed E-state index contributed by atoms with van der Waals surface area (Å²) in [5.41, 5.74) is 1.66. The van der Waals surface area contributed by atoms with E-state index in [1.54, 1.807) is 17.1 Å². The third-order valence-electron chi connectivity index (χ3n) is 1.98. The second kappa shape index (κ2) is 4.75. The normalized spacial score (nSPS) is 10.2. The zero-order valence-electron chi connectivity index (χ0n) is 8.28. The van der Waals surface area contributed by atoms with Gasteiger partial charge in [0.05, 0.1) is 0 Å². The molecule has 0 unspecified atom stereocenters. The lowest BCUT2D eigenvalue weighted by Gasteiger charge is -1.93. The molecule has 16 heavy (non-hydrogen) atoms. The van der Waals surface area contributed by atoms with Gasteiger partial charge in [0.2, 0.25) is 0 Å². The van der Waals surface area contributed by atoms with Gasteiger partial charge in [-0.2, -0.15) is 0 Å². The SMILES string of the molecule is O=C(O)CC[n+]1ccc(-c2csnn2)cn1. The zero-order chi connectivity index (χ0) is 11.4. The second-order valence-corrected chi connectivity index (χ2v) is 3.72. The Morgan fingerprint density at radius 3 is 3.00 bits per heavy atom. The maximum absolute atomic E-state index is 10.4. The van der Waals surface area contributed by atoms with Crippen LogP contribution < -0.4 is 4.68 Å². The van der Waals surface area contributed by atoms with Crippen LogP contribution in [0.4, 0.5) is 0 Å². The minimum Gasteiger partial charge on any atom is -0.481 e. The first-order chi connectivity index (χ1) is 7.75. The van der Waals surface area contributed by atoms with Gasteiger partial charge in [-0.15, -0.1) is 5.10 Å². The summed E-state index contributed by atoms with van der Waals surface area (Å²) in [7, 11) is 0. The molecule has 2 aromatic rings. The van der Waals surface area contributed by atoms with E-state index in [1.165, 1.54) is 11.5 Å². The zero-order valence-corrected chi connectivity index (χ0v) is 9.09. The molecular formula is C9H9N4O2S+. The Kier molecular flexibility index (Phi) is 3.16. The predicted octanol–water partition coefficient (Wildman–Crippen LogP) is 0.362. The highest BCUT2D eigenvalue weighted by Gasteiger charge is 2.08. The Morgan fingerprint density at radius 2 is 2.44 bits per heavy atom. The van der Waals surface area contributed by atoms with Gasteiger partial charge in [0.1, 0.15) is 18.3 Å². The van der Waals surface area contributed by atoms with Crippen molar-refractivity contribution in [1.29, 1.82) is 0 Å². The Balaban J connectivity index is 2.08. The number of hydrogen-bond acceptors (Lipinski definition) is 5. The molecule has 2 heterocycles. The van der Waals surface area contributed by atoms with E-state index in [-0.39, 0.29) is 6.42 Å². The Hall–Kier alpha value is -1.89. The summed E-state index contributed by atoms with van der Waals surface area (Å²) in [5, 5.41) is 18.4. The van der Waals surface area contributed by atoms with Crippen LogP contribution in [0.15, 0.2) is 23.8 Å². The molecule has 6 nitrogen and oxygen atoms in total. The molecule has 0 spiro atoms. The van der Waals surface area contributed by atoms with Crippen LogP contribution in [0, 0.1) is 0 Å². The van der Waals surface area contributed by atoms with Crippen molar-refractivity contribution in [3.05, 3.63) is 23.8 Å². The molecule has 0 fully saturated rings. The highest BCUT2D eigenvalue weighted by atomic mass is 32.1. The number of carboxylic acid groups (broad SMARTS) is 1. The van der Waals surface area contributed by atoms with Gasteiger partial charge in [0.25, 0.3) is 0 Å². The molecule has 1 N–H and O–H groups in total. The minimum absolute atomic E-state index is 0.0648. The van der Waals surface area contributed by atoms with Gasteiger partial charge >= 0.3 is 5.97 Å². The maximum Gasteiger partial charge on any atom is 0.309 e. The van der Waals surface area contributed by atoms with Gasteiger partial charge in [-0.25, -0.2) is 0 Å². The van der Waals surface area contributed by atoms with Gasteiger partial charge in [-0.1, -0.05) is 9.17 Å². The highest BCUT2D eigenvalue weighted by Crippen LogP contribution is 2.14. The van der Waals surface area contributed by atoms with Crippen LogP contribution >= 0.6 is 11.5 Å². The summed E-state index contributed by atoms with van der Waals surface area (Å²) in [6.45, 7) is 0.366. The molecule has 0 aromatic carbocycles. The summed E-state index contributed by atoms with van der Waals surface area (Å²) >= 11 is 1.28. The number of carbonyl (C=O) groups is 1. The molecule has 0 aliphatic heterocycles. The number of aliphatic carboxylic acids is 1. The first-order valence-electron chi connectivity index (χ1n) is 4.61. The monoisotopic (exact) mass is 237 g/mol. The first-order valence-corrected chi connectivity index (χ1v) is 5.44. The Morgan fingerprint density at radius 1 is 1.56 bits per heavy atom. The first kappa shape index (κ1) is 10.6. The quantitative estimate of drug-likeness (QED) is 0.777. The van der Waals surface area contributed by atoms with Crippen LogP contribution in [0.1, 0.15) is 6.42 Å². The molecule has 82 valence electrons. The topological polar surface area (TPSA) is 79.9 Å². The van der Waals surface area contributed by atoms with E-state index in [2.05, 4.69) is 14.7 Å².